The summed E-state index contributed by atoms with van der Waals surface area (Å²) in [7, 11) is 0. The smallest absolute Gasteiger partial charge is 0.273 e. The maximum Gasteiger partial charge on any atom is 0.273 e. The van der Waals surface area contributed by atoms with Crippen molar-refractivity contribution >= 4 is 5.91 Å². The van der Waals surface area contributed by atoms with Crippen LogP contribution in [0, 0.1) is 0 Å². The number of rotatable bonds is 7. The van der Waals surface area contributed by atoms with Gasteiger partial charge in [0.1, 0.15) is 5.82 Å². The Balaban J connectivity index is 1.33. The SMILES string of the molecule is O=C(NCCc1nccn1Cc1ccccc1)c1cc(-c2ccccc2)on1. The minimum atomic E-state index is -0.257. The van der Waals surface area contributed by atoms with Gasteiger partial charge in [-0.2, -0.15) is 0 Å². The molecule has 0 bridgehead atoms. The maximum absolute atomic E-state index is 12.3. The highest BCUT2D eigenvalue weighted by molar-refractivity contribution is 5.93. The van der Waals surface area contributed by atoms with Gasteiger partial charge in [0, 0.05) is 43.5 Å². The Hall–Kier alpha value is -3.67. The number of hydrogen-bond donors (Lipinski definition) is 1. The molecule has 1 amide bonds. The summed E-state index contributed by atoms with van der Waals surface area (Å²) in [6, 6.07) is 21.4. The lowest BCUT2D eigenvalue weighted by Gasteiger charge is -2.08. The second kappa shape index (κ2) is 8.35. The quantitative estimate of drug-likeness (QED) is 0.538. The van der Waals surface area contributed by atoms with E-state index in [0.717, 1.165) is 17.9 Å². The molecule has 0 spiro atoms. The third-order valence-electron chi connectivity index (χ3n) is 4.43. The van der Waals surface area contributed by atoms with Crippen LogP contribution in [0.4, 0.5) is 0 Å². The monoisotopic (exact) mass is 372 g/mol. The predicted molar refractivity (Wildman–Crippen MR) is 106 cm³/mol. The van der Waals surface area contributed by atoms with Crippen LogP contribution >= 0.6 is 0 Å². The molecule has 0 saturated carbocycles. The van der Waals surface area contributed by atoms with E-state index < -0.39 is 0 Å². The molecule has 0 aliphatic heterocycles. The van der Waals surface area contributed by atoms with Crippen LogP contribution in [-0.2, 0) is 13.0 Å². The van der Waals surface area contributed by atoms with Gasteiger partial charge in [0.15, 0.2) is 11.5 Å². The van der Waals surface area contributed by atoms with E-state index in [9.17, 15) is 4.79 Å². The van der Waals surface area contributed by atoms with Gasteiger partial charge in [-0.15, -0.1) is 0 Å². The van der Waals surface area contributed by atoms with Crippen LogP contribution in [0.25, 0.3) is 11.3 Å². The van der Waals surface area contributed by atoms with Crippen molar-refractivity contribution in [2.75, 3.05) is 6.54 Å². The van der Waals surface area contributed by atoms with Crippen LogP contribution in [0.5, 0.6) is 0 Å². The van der Waals surface area contributed by atoms with Crippen molar-refractivity contribution in [1.29, 1.82) is 0 Å². The van der Waals surface area contributed by atoms with E-state index >= 15 is 0 Å². The van der Waals surface area contributed by atoms with Crippen molar-refractivity contribution < 1.29 is 9.32 Å². The highest BCUT2D eigenvalue weighted by Crippen LogP contribution is 2.19. The van der Waals surface area contributed by atoms with E-state index in [1.165, 1.54) is 5.56 Å². The number of benzene rings is 2. The zero-order chi connectivity index (χ0) is 19.2. The molecule has 2 heterocycles. The molecule has 0 aliphatic rings. The summed E-state index contributed by atoms with van der Waals surface area (Å²) in [5.41, 5.74) is 2.37. The number of hydrogen-bond acceptors (Lipinski definition) is 4. The molecule has 2 aromatic carbocycles. The first-order valence-corrected chi connectivity index (χ1v) is 9.14. The molecule has 0 atom stereocenters. The topological polar surface area (TPSA) is 73.0 Å². The summed E-state index contributed by atoms with van der Waals surface area (Å²) in [5, 5.41) is 6.75. The lowest BCUT2D eigenvalue weighted by atomic mass is 10.1. The minimum Gasteiger partial charge on any atom is -0.355 e. The van der Waals surface area contributed by atoms with Gasteiger partial charge in [0.25, 0.3) is 5.91 Å². The van der Waals surface area contributed by atoms with Gasteiger partial charge in [-0.3, -0.25) is 4.79 Å². The number of nitrogens with one attached hydrogen (secondary N) is 1. The molecule has 1 N–H and O–H groups in total. The van der Waals surface area contributed by atoms with Crippen molar-refractivity contribution in [3.8, 4) is 11.3 Å². The van der Waals surface area contributed by atoms with Gasteiger partial charge in [0.2, 0.25) is 0 Å². The van der Waals surface area contributed by atoms with Crippen LogP contribution in [0.1, 0.15) is 21.9 Å². The van der Waals surface area contributed by atoms with E-state index in [2.05, 4.69) is 32.2 Å². The van der Waals surface area contributed by atoms with Gasteiger partial charge in [-0.05, 0) is 5.56 Å². The number of carbonyl (C=O) groups is 1. The van der Waals surface area contributed by atoms with Gasteiger partial charge in [-0.1, -0.05) is 65.8 Å². The fraction of sp³-hybridized carbons (Fsp3) is 0.136. The Morgan fingerprint density at radius 3 is 2.57 bits per heavy atom. The molecular weight excluding hydrogens is 352 g/mol. The molecule has 6 heteroatoms. The van der Waals surface area contributed by atoms with E-state index in [-0.39, 0.29) is 11.6 Å². The number of amides is 1. The van der Waals surface area contributed by atoms with Crippen molar-refractivity contribution in [2.45, 2.75) is 13.0 Å². The van der Waals surface area contributed by atoms with E-state index in [1.54, 1.807) is 12.3 Å². The summed E-state index contributed by atoms with van der Waals surface area (Å²) in [6.07, 6.45) is 4.37. The zero-order valence-corrected chi connectivity index (χ0v) is 15.3. The fourth-order valence-corrected chi connectivity index (χ4v) is 2.99. The fourth-order valence-electron chi connectivity index (χ4n) is 2.99. The van der Waals surface area contributed by atoms with Gasteiger partial charge in [-0.25, -0.2) is 4.98 Å². The molecule has 0 unspecified atom stereocenters. The Bertz CT molecular complexity index is 1040. The summed E-state index contributed by atoms with van der Waals surface area (Å²) in [5.74, 6) is 1.24. The zero-order valence-electron chi connectivity index (χ0n) is 15.3. The second-order valence-electron chi connectivity index (χ2n) is 6.41. The molecule has 28 heavy (non-hydrogen) atoms. The first kappa shape index (κ1) is 17.7. The summed E-state index contributed by atoms with van der Waals surface area (Å²) in [6.45, 7) is 1.23. The van der Waals surface area contributed by atoms with Crippen LogP contribution < -0.4 is 5.32 Å². The third-order valence-corrected chi connectivity index (χ3v) is 4.43. The highest BCUT2D eigenvalue weighted by atomic mass is 16.5. The Labute approximate surface area is 162 Å². The van der Waals surface area contributed by atoms with Crippen molar-refractivity contribution in [1.82, 2.24) is 20.0 Å². The summed E-state index contributed by atoms with van der Waals surface area (Å²) >= 11 is 0. The second-order valence-corrected chi connectivity index (χ2v) is 6.41. The lowest BCUT2D eigenvalue weighted by Crippen LogP contribution is -2.26. The minimum absolute atomic E-state index is 0.257. The molecule has 0 radical (unpaired) electrons. The maximum atomic E-state index is 12.3. The summed E-state index contributed by atoms with van der Waals surface area (Å²) < 4.78 is 7.37. The van der Waals surface area contributed by atoms with Crippen molar-refractivity contribution in [3.63, 3.8) is 0 Å². The van der Waals surface area contributed by atoms with E-state index in [0.29, 0.717) is 18.7 Å². The number of aromatic nitrogens is 3. The molecule has 0 saturated heterocycles. The van der Waals surface area contributed by atoms with Crippen molar-refractivity contribution in [2.24, 2.45) is 0 Å². The molecule has 140 valence electrons. The largest absolute Gasteiger partial charge is 0.355 e. The van der Waals surface area contributed by atoms with Gasteiger partial charge < -0.3 is 14.4 Å². The standard InChI is InChI=1S/C22H20N4O2/c27-22(19-15-20(28-25-19)18-9-5-2-6-10-18)24-12-11-21-23-13-14-26(21)16-17-7-3-1-4-8-17/h1-10,13-15H,11-12,16H2,(H,24,27). The first-order valence-electron chi connectivity index (χ1n) is 9.14. The predicted octanol–water partition coefficient (Wildman–Crippen LogP) is 3.56. The Morgan fingerprint density at radius 2 is 1.79 bits per heavy atom. The van der Waals surface area contributed by atoms with Crippen LogP contribution in [0.15, 0.2) is 83.6 Å². The molecule has 0 fully saturated rings. The molecular formula is C22H20N4O2. The third kappa shape index (κ3) is 4.17. The Kier molecular flexibility index (Phi) is 5.29. The van der Waals surface area contributed by atoms with E-state index in [4.69, 9.17) is 4.52 Å². The highest BCUT2D eigenvalue weighted by Gasteiger charge is 2.13. The number of nitrogens with zero attached hydrogens (tertiary/aromatic N) is 3. The Morgan fingerprint density at radius 1 is 1.04 bits per heavy atom. The molecule has 0 aliphatic carbocycles. The average molecular weight is 372 g/mol. The van der Waals surface area contributed by atoms with Crippen LogP contribution in [0.2, 0.25) is 0 Å². The lowest BCUT2D eigenvalue weighted by molar-refractivity contribution is 0.0945. The molecule has 6 nitrogen and oxygen atoms in total. The van der Waals surface area contributed by atoms with Crippen LogP contribution in [-0.4, -0.2) is 27.2 Å². The first-order chi connectivity index (χ1) is 13.8. The number of imidazole rings is 1. The van der Waals surface area contributed by atoms with Gasteiger partial charge >= 0.3 is 0 Å². The molecule has 4 aromatic rings. The number of carbonyl (C=O) groups excluding carboxylic acids is 1. The molecule has 4 rings (SSSR count). The van der Waals surface area contributed by atoms with Crippen LogP contribution in [0.3, 0.4) is 0 Å². The van der Waals surface area contributed by atoms with Gasteiger partial charge in [0.05, 0.1) is 0 Å². The molecule has 2 aromatic heterocycles. The van der Waals surface area contributed by atoms with Crippen molar-refractivity contribution in [3.05, 3.63) is 96.2 Å². The van der Waals surface area contributed by atoms with E-state index in [1.807, 2.05) is 54.7 Å². The normalized spacial score (nSPS) is 10.7. The average Bonchev–Trinajstić information content (AvgIpc) is 3.40. The summed E-state index contributed by atoms with van der Waals surface area (Å²) in [4.78, 5) is 16.7.